The van der Waals surface area contributed by atoms with Crippen molar-refractivity contribution in [2.24, 2.45) is 0 Å². The second-order valence-electron chi connectivity index (χ2n) is 8.10. The number of phenolic OH excluding ortho intramolecular Hbond substituents is 1. The van der Waals surface area contributed by atoms with Crippen molar-refractivity contribution >= 4 is 32.8 Å². The van der Waals surface area contributed by atoms with E-state index in [1.54, 1.807) is 24.3 Å². The van der Waals surface area contributed by atoms with Crippen LogP contribution in [0.25, 0.3) is 10.8 Å². The number of hydrogen-bond acceptors (Lipinski definition) is 6. The Morgan fingerprint density at radius 2 is 1.47 bits per heavy atom. The molecule has 1 unspecified atom stereocenters. The second-order valence-corrected chi connectivity index (χ2v) is 9.53. The molecule has 184 valence electrons. The third-order valence-electron chi connectivity index (χ3n) is 5.69. The Hall–Kier alpha value is -4.25. The summed E-state index contributed by atoms with van der Waals surface area (Å²) < 4.78 is 31.3. The highest BCUT2D eigenvalue weighted by atomic mass is 32.2. The molecule has 9 nitrogen and oxygen atoms in total. The molecular weight excluding hydrogens is 486 g/mol. The number of carbonyl (C=O) groups is 2. The Bertz CT molecular complexity index is 1560. The lowest BCUT2D eigenvalue weighted by Crippen LogP contribution is -2.22. The molecule has 0 aliphatic rings. The first kappa shape index (κ1) is 24.9. The second kappa shape index (κ2) is 9.78. The maximum atomic E-state index is 12.7. The van der Waals surface area contributed by atoms with Crippen LogP contribution in [0.3, 0.4) is 0 Å². The van der Waals surface area contributed by atoms with Crippen LogP contribution in [-0.2, 0) is 16.7 Å². The molecule has 0 spiro atoms. The number of carboxylic acid groups (broad SMARTS) is 1. The Labute approximate surface area is 206 Å². The number of aromatic hydroxyl groups is 1. The van der Waals surface area contributed by atoms with Crippen molar-refractivity contribution in [3.8, 4) is 5.75 Å². The number of aliphatic hydroxyl groups is 1. The fourth-order valence-electron chi connectivity index (χ4n) is 3.71. The zero-order valence-electron chi connectivity index (χ0n) is 18.6. The summed E-state index contributed by atoms with van der Waals surface area (Å²) in [6.45, 7) is 0.120. The van der Waals surface area contributed by atoms with Gasteiger partial charge in [0.25, 0.3) is 16.0 Å². The minimum Gasteiger partial charge on any atom is -0.508 e. The fraction of sp³-hybridized carbons (Fsp3) is 0.0769. The molecule has 0 aliphatic heterocycles. The van der Waals surface area contributed by atoms with Crippen molar-refractivity contribution in [1.82, 2.24) is 5.32 Å². The molecular formula is C26H21NO8S. The molecule has 0 radical (unpaired) electrons. The number of benzene rings is 4. The van der Waals surface area contributed by atoms with Gasteiger partial charge in [-0.1, -0.05) is 30.3 Å². The van der Waals surface area contributed by atoms with E-state index in [4.69, 9.17) is 9.66 Å². The highest BCUT2D eigenvalue weighted by Gasteiger charge is 2.17. The molecule has 4 rings (SSSR count). The van der Waals surface area contributed by atoms with Crippen LogP contribution in [-0.4, -0.2) is 40.2 Å². The van der Waals surface area contributed by atoms with E-state index in [1.165, 1.54) is 54.6 Å². The molecule has 1 amide bonds. The summed E-state index contributed by atoms with van der Waals surface area (Å²) in [5.41, 5.74) is 1.61. The van der Waals surface area contributed by atoms with Crippen molar-refractivity contribution in [2.75, 3.05) is 0 Å². The molecule has 0 aliphatic carbocycles. The molecule has 0 saturated heterocycles. The fourth-order valence-corrected chi connectivity index (χ4v) is 4.19. The lowest BCUT2D eigenvalue weighted by molar-refractivity contribution is 0.0696. The van der Waals surface area contributed by atoms with E-state index in [2.05, 4.69) is 5.32 Å². The molecule has 36 heavy (non-hydrogen) atoms. The van der Waals surface area contributed by atoms with Gasteiger partial charge in [-0.2, -0.15) is 8.42 Å². The van der Waals surface area contributed by atoms with E-state index in [0.29, 0.717) is 27.5 Å². The average Bonchev–Trinajstić information content (AvgIpc) is 2.86. The Balaban J connectivity index is 1.54. The molecule has 0 saturated carbocycles. The summed E-state index contributed by atoms with van der Waals surface area (Å²) in [7, 11) is -4.30. The standard InChI is InChI=1S/C26H21NO8S/c28-23-13-18-7-8-19(25(30)27-14-15-1-9-21(10-2-15)36(33,34)35)11-20(18)12-22(23)24(29)16-3-5-17(6-4-16)26(31)32/h1-13,24,28-29H,14H2,(H,27,30)(H,31,32)(H,33,34,35). The topological polar surface area (TPSA) is 161 Å². The van der Waals surface area contributed by atoms with Crippen LogP contribution in [0.1, 0.15) is 43.5 Å². The number of carboxylic acids is 1. The molecule has 5 N–H and O–H groups in total. The Morgan fingerprint density at radius 1 is 0.833 bits per heavy atom. The third kappa shape index (κ3) is 5.36. The van der Waals surface area contributed by atoms with E-state index < -0.39 is 28.1 Å². The molecule has 4 aromatic rings. The van der Waals surface area contributed by atoms with Gasteiger partial charge in [0.05, 0.1) is 10.5 Å². The van der Waals surface area contributed by atoms with Gasteiger partial charge in [0.1, 0.15) is 11.9 Å². The molecule has 0 aromatic heterocycles. The van der Waals surface area contributed by atoms with Crippen molar-refractivity contribution in [3.63, 3.8) is 0 Å². The molecule has 1 atom stereocenters. The summed E-state index contributed by atoms with van der Waals surface area (Å²) in [4.78, 5) is 23.5. The number of fused-ring (bicyclic) bond motifs is 1. The van der Waals surface area contributed by atoms with E-state index in [-0.39, 0.29) is 28.3 Å². The minimum atomic E-state index is -4.30. The van der Waals surface area contributed by atoms with Crippen LogP contribution in [0.4, 0.5) is 0 Å². The Morgan fingerprint density at radius 3 is 2.08 bits per heavy atom. The molecule has 10 heteroatoms. The molecule has 0 heterocycles. The van der Waals surface area contributed by atoms with Crippen molar-refractivity contribution in [3.05, 3.63) is 107 Å². The van der Waals surface area contributed by atoms with E-state index >= 15 is 0 Å². The number of carbonyl (C=O) groups excluding carboxylic acids is 1. The maximum absolute atomic E-state index is 12.7. The zero-order valence-corrected chi connectivity index (χ0v) is 19.4. The zero-order chi connectivity index (χ0) is 26.0. The lowest BCUT2D eigenvalue weighted by Gasteiger charge is -2.15. The first-order valence-electron chi connectivity index (χ1n) is 10.7. The third-order valence-corrected chi connectivity index (χ3v) is 6.56. The first-order chi connectivity index (χ1) is 17.0. The van der Waals surface area contributed by atoms with Crippen molar-refractivity contribution < 1.29 is 37.9 Å². The monoisotopic (exact) mass is 507 g/mol. The number of aromatic carboxylic acids is 1. The number of rotatable bonds is 7. The van der Waals surface area contributed by atoms with Gasteiger partial charge in [-0.25, -0.2) is 4.79 Å². The van der Waals surface area contributed by atoms with Gasteiger partial charge in [0, 0.05) is 17.7 Å². The quantitative estimate of drug-likeness (QED) is 0.238. The summed E-state index contributed by atoms with van der Waals surface area (Å²) >= 11 is 0. The highest BCUT2D eigenvalue weighted by Crippen LogP contribution is 2.33. The Kier molecular flexibility index (Phi) is 6.75. The highest BCUT2D eigenvalue weighted by molar-refractivity contribution is 7.85. The van der Waals surface area contributed by atoms with Crippen LogP contribution in [0, 0.1) is 0 Å². The number of amides is 1. The summed E-state index contributed by atoms with van der Waals surface area (Å²) in [6, 6.07) is 18.9. The molecule has 4 aromatic carbocycles. The average molecular weight is 508 g/mol. The van der Waals surface area contributed by atoms with Gasteiger partial charge in [0.2, 0.25) is 0 Å². The summed E-state index contributed by atoms with van der Waals surface area (Å²) in [5.74, 6) is -1.64. The number of aliphatic hydroxyl groups excluding tert-OH is 1. The van der Waals surface area contributed by atoms with E-state index in [0.717, 1.165) is 0 Å². The SMILES string of the molecule is O=C(O)c1ccc(C(O)c2cc3cc(C(=O)NCc4ccc(S(=O)(=O)O)cc4)ccc3cc2O)cc1. The van der Waals surface area contributed by atoms with Crippen LogP contribution in [0.2, 0.25) is 0 Å². The first-order valence-corrected chi connectivity index (χ1v) is 12.1. The minimum absolute atomic E-state index is 0.0683. The smallest absolute Gasteiger partial charge is 0.335 e. The number of hydrogen-bond donors (Lipinski definition) is 5. The van der Waals surface area contributed by atoms with Gasteiger partial charge >= 0.3 is 5.97 Å². The number of phenols is 1. The van der Waals surface area contributed by atoms with Crippen molar-refractivity contribution in [2.45, 2.75) is 17.5 Å². The predicted octanol–water partition coefficient (Wildman–Crippen LogP) is 3.50. The van der Waals surface area contributed by atoms with Crippen LogP contribution >= 0.6 is 0 Å². The number of nitrogens with one attached hydrogen (secondary N) is 1. The van der Waals surface area contributed by atoms with Crippen LogP contribution < -0.4 is 5.32 Å². The van der Waals surface area contributed by atoms with E-state index in [9.17, 15) is 28.2 Å². The largest absolute Gasteiger partial charge is 0.508 e. The van der Waals surface area contributed by atoms with Crippen molar-refractivity contribution in [1.29, 1.82) is 0 Å². The maximum Gasteiger partial charge on any atom is 0.335 e. The summed E-state index contributed by atoms with van der Waals surface area (Å²) in [5, 5.41) is 34.2. The predicted molar refractivity (Wildman–Crippen MR) is 131 cm³/mol. The molecule has 0 bridgehead atoms. The van der Waals surface area contributed by atoms with Gasteiger partial charge in [-0.05, 0) is 70.4 Å². The van der Waals surface area contributed by atoms with Gasteiger partial charge in [-0.3, -0.25) is 9.35 Å². The van der Waals surface area contributed by atoms with Gasteiger partial charge in [0.15, 0.2) is 0 Å². The lowest BCUT2D eigenvalue weighted by atomic mass is 9.96. The normalized spacial score (nSPS) is 12.3. The van der Waals surface area contributed by atoms with Crippen LogP contribution in [0.5, 0.6) is 5.75 Å². The van der Waals surface area contributed by atoms with Gasteiger partial charge < -0.3 is 20.6 Å². The summed E-state index contributed by atoms with van der Waals surface area (Å²) in [6.07, 6.45) is -1.22. The van der Waals surface area contributed by atoms with Crippen LogP contribution in [0.15, 0.2) is 83.8 Å². The van der Waals surface area contributed by atoms with E-state index in [1.807, 2.05) is 0 Å². The van der Waals surface area contributed by atoms with Gasteiger partial charge in [-0.15, -0.1) is 0 Å². The molecule has 0 fully saturated rings.